The number of aryl methyl sites for hydroxylation is 2. The minimum Gasteiger partial charge on any atom is -0.383 e. The fourth-order valence-electron chi connectivity index (χ4n) is 1.46. The van der Waals surface area contributed by atoms with E-state index in [9.17, 15) is 0 Å². The zero-order valence-electron chi connectivity index (χ0n) is 8.67. The molecule has 0 fully saturated rings. The van der Waals surface area contributed by atoms with Gasteiger partial charge in [0.1, 0.15) is 11.9 Å². The molecule has 0 amide bonds. The Morgan fingerprint density at radius 1 is 1.57 bits per heavy atom. The highest BCUT2D eigenvalue weighted by atomic mass is 14.8. The van der Waals surface area contributed by atoms with Crippen LogP contribution >= 0.6 is 0 Å². The topological polar surface area (TPSA) is 62.7 Å². The third kappa shape index (κ3) is 2.23. The van der Waals surface area contributed by atoms with Crippen LogP contribution in [0.25, 0.3) is 0 Å². The highest BCUT2D eigenvalue weighted by Gasteiger charge is 2.07. The number of pyridine rings is 1. The molecule has 0 saturated carbocycles. The van der Waals surface area contributed by atoms with Crippen molar-refractivity contribution in [3.8, 4) is 6.07 Å². The molecule has 0 saturated heterocycles. The molecule has 1 aromatic rings. The molecule has 0 bridgehead atoms. The van der Waals surface area contributed by atoms with E-state index in [1.165, 1.54) is 0 Å². The Hall–Kier alpha value is -1.56. The van der Waals surface area contributed by atoms with Crippen molar-refractivity contribution in [2.75, 3.05) is 5.73 Å². The van der Waals surface area contributed by atoms with Crippen LogP contribution in [0.5, 0.6) is 0 Å². The highest BCUT2D eigenvalue weighted by molar-refractivity contribution is 5.53. The monoisotopic (exact) mass is 189 g/mol. The Labute approximate surface area is 84.6 Å². The highest BCUT2D eigenvalue weighted by Crippen LogP contribution is 2.17. The summed E-state index contributed by atoms with van der Waals surface area (Å²) in [6.45, 7) is 4.02. The minimum atomic E-state index is 0.360. The summed E-state index contributed by atoms with van der Waals surface area (Å²) in [6.07, 6.45) is 3.11. The summed E-state index contributed by atoms with van der Waals surface area (Å²) in [5.74, 6) is 0.360. The minimum absolute atomic E-state index is 0.360. The fraction of sp³-hybridized carbons (Fsp3) is 0.455. The van der Waals surface area contributed by atoms with E-state index in [2.05, 4.69) is 18.0 Å². The van der Waals surface area contributed by atoms with Crippen molar-refractivity contribution in [1.29, 1.82) is 5.26 Å². The first-order valence-electron chi connectivity index (χ1n) is 4.85. The summed E-state index contributed by atoms with van der Waals surface area (Å²) in [4.78, 5) is 4.07. The van der Waals surface area contributed by atoms with Crippen molar-refractivity contribution >= 4 is 5.82 Å². The van der Waals surface area contributed by atoms with Gasteiger partial charge in [0, 0.05) is 5.69 Å². The van der Waals surface area contributed by atoms with Crippen LogP contribution in [0.4, 0.5) is 5.82 Å². The normalized spacial score (nSPS) is 9.79. The Bertz CT molecular complexity index is 364. The maximum absolute atomic E-state index is 8.92. The van der Waals surface area contributed by atoms with E-state index < -0.39 is 0 Å². The number of rotatable bonds is 3. The SMILES string of the molecule is CCCCc1cc(C)nc(N)c1C#N. The van der Waals surface area contributed by atoms with Crippen LogP contribution in [0.15, 0.2) is 6.07 Å². The first kappa shape index (κ1) is 10.5. The molecule has 0 aliphatic carbocycles. The lowest BCUT2D eigenvalue weighted by molar-refractivity contribution is 0.791. The molecule has 2 N–H and O–H groups in total. The van der Waals surface area contributed by atoms with Crippen LogP contribution < -0.4 is 5.73 Å². The number of nitriles is 1. The third-order valence-corrected chi connectivity index (χ3v) is 2.17. The van der Waals surface area contributed by atoms with Gasteiger partial charge in [-0.25, -0.2) is 4.98 Å². The van der Waals surface area contributed by atoms with Crippen molar-refractivity contribution in [2.24, 2.45) is 0 Å². The second-order valence-electron chi connectivity index (χ2n) is 3.40. The molecule has 1 heterocycles. The number of hydrogen-bond donors (Lipinski definition) is 1. The van der Waals surface area contributed by atoms with Crippen molar-refractivity contribution in [3.63, 3.8) is 0 Å². The number of aromatic nitrogens is 1. The molecule has 0 atom stereocenters. The van der Waals surface area contributed by atoms with Gasteiger partial charge in [-0.3, -0.25) is 0 Å². The van der Waals surface area contributed by atoms with Crippen LogP contribution in [-0.2, 0) is 6.42 Å². The molecule has 0 aromatic carbocycles. The van der Waals surface area contributed by atoms with E-state index in [1.807, 2.05) is 13.0 Å². The maximum Gasteiger partial charge on any atom is 0.141 e. The number of nitrogens with two attached hydrogens (primary N) is 1. The molecule has 14 heavy (non-hydrogen) atoms. The number of anilines is 1. The standard InChI is InChI=1S/C11H15N3/c1-3-4-5-9-6-8(2)14-11(13)10(9)7-12/h6H,3-5H2,1-2H3,(H2,13,14). The van der Waals surface area contributed by atoms with Crippen LogP contribution in [0.1, 0.15) is 36.6 Å². The number of unbranched alkanes of at least 4 members (excludes halogenated alkanes) is 1. The summed E-state index contributed by atoms with van der Waals surface area (Å²) in [5.41, 5.74) is 8.13. The summed E-state index contributed by atoms with van der Waals surface area (Å²) in [6, 6.07) is 4.06. The van der Waals surface area contributed by atoms with Crippen LogP contribution in [0.2, 0.25) is 0 Å². The molecule has 0 spiro atoms. The van der Waals surface area contributed by atoms with Gasteiger partial charge in [0.05, 0.1) is 5.56 Å². The second-order valence-corrected chi connectivity index (χ2v) is 3.40. The molecular formula is C11H15N3. The zero-order valence-corrected chi connectivity index (χ0v) is 8.67. The molecule has 0 unspecified atom stereocenters. The molecule has 0 aliphatic heterocycles. The van der Waals surface area contributed by atoms with Gasteiger partial charge in [-0.05, 0) is 31.4 Å². The largest absolute Gasteiger partial charge is 0.383 e. The lowest BCUT2D eigenvalue weighted by Crippen LogP contribution is -2.01. The van der Waals surface area contributed by atoms with Gasteiger partial charge >= 0.3 is 0 Å². The first-order valence-corrected chi connectivity index (χ1v) is 4.85. The first-order chi connectivity index (χ1) is 6.69. The van der Waals surface area contributed by atoms with Gasteiger partial charge in [-0.1, -0.05) is 13.3 Å². The summed E-state index contributed by atoms with van der Waals surface area (Å²) >= 11 is 0. The molecule has 74 valence electrons. The smallest absolute Gasteiger partial charge is 0.141 e. The van der Waals surface area contributed by atoms with Gasteiger partial charge < -0.3 is 5.73 Å². The zero-order chi connectivity index (χ0) is 10.6. The fourth-order valence-corrected chi connectivity index (χ4v) is 1.46. The number of nitrogens with zero attached hydrogens (tertiary/aromatic N) is 2. The van der Waals surface area contributed by atoms with E-state index in [-0.39, 0.29) is 0 Å². The van der Waals surface area contributed by atoms with Crippen molar-refractivity contribution in [2.45, 2.75) is 33.1 Å². The van der Waals surface area contributed by atoms with Gasteiger partial charge in [0.15, 0.2) is 0 Å². The van der Waals surface area contributed by atoms with Crippen LogP contribution in [-0.4, -0.2) is 4.98 Å². The third-order valence-electron chi connectivity index (χ3n) is 2.17. The van der Waals surface area contributed by atoms with Crippen LogP contribution in [0, 0.1) is 18.3 Å². The predicted molar refractivity (Wildman–Crippen MR) is 56.7 cm³/mol. The Morgan fingerprint density at radius 2 is 2.29 bits per heavy atom. The Kier molecular flexibility index (Phi) is 3.47. The summed E-state index contributed by atoms with van der Waals surface area (Å²) in [5, 5.41) is 8.92. The van der Waals surface area contributed by atoms with E-state index in [0.717, 1.165) is 30.5 Å². The lowest BCUT2D eigenvalue weighted by Gasteiger charge is -2.06. The van der Waals surface area contributed by atoms with E-state index in [0.29, 0.717) is 11.4 Å². The molecule has 0 radical (unpaired) electrons. The average Bonchev–Trinajstić information content (AvgIpc) is 2.14. The summed E-state index contributed by atoms with van der Waals surface area (Å²) in [7, 11) is 0. The van der Waals surface area contributed by atoms with Crippen molar-refractivity contribution in [3.05, 3.63) is 22.9 Å². The molecular weight excluding hydrogens is 174 g/mol. The van der Waals surface area contributed by atoms with Gasteiger partial charge in [-0.2, -0.15) is 5.26 Å². The number of hydrogen-bond acceptors (Lipinski definition) is 3. The Balaban J connectivity index is 3.07. The van der Waals surface area contributed by atoms with Gasteiger partial charge in [-0.15, -0.1) is 0 Å². The van der Waals surface area contributed by atoms with Crippen LogP contribution in [0.3, 0.4) is 0 Å². The molecule has 3 heteroatoms. The van der Waals surface area contributed by atoms with E-state index >= 15 is 0 Å². The number of nitrogen functional groups attached to an aromatic ring is 1. The molecule has 1 aromatic heterocycles. The van der Waals surface area contributed by atoms with Crippen molar-refractivity contribution < 1.29 is 0 Å². The quantitative estimate of drug-likeness (QED) is 0.792. The van der Waals surface area contributed by atoms with E-state index in [4.69, 9.17) is 11.0 Å². The molecule has 0 aliphatic rings. The van der Waals surface area contributed by atoms with E-state index in [1.54, 1.807) is 0 Å². The predicted octanol–water partition coefficient (Wildman–Crippen LogP) is 2.19. The van der Waals surface area contributed by atoms with Gasteiger partial charge in [0.2, 0.25) is 0 Å². The van der Waals surface area contributed by atoms with Crippen molar-refractivity contribution in [1.82, 2.24) is 4.98 Å². The lowest BCUT2D eigenvalue weighted by atomic mass is 10.0. The molecule has 1 rings (SSSR count). The average molecular weight is 189 g/mol. The Morgan fingerprint density at radius 3 is 2.86 bits per heavy atom. The molecule has 3 nitrogen and oxygen atoms in total. The maximum atomic E-state index is 8.92. The second kappa shape index (κ2) is 4.61. The summed E-state index contributed by atoms with van der Waals surface area (Å²) < 4.78 is 0. The van der Waals surface area contributed by atoms with Gasteiger partial charge in [0.25, 0.3) is 0 Å².